The summed E-state index contributed by atoms with van der Waals surface area (Å²) < 4.78 is 0. The zero-order chi connectivity index (χ0) is 12.1. The van der Waals surface area contributed by atoms with Crippen molar-refractivity contribution < 1.29 is 9.59 Å². The Labute approximate surface area is 96.7 Å². The largest absolute Gasteiger partial charge is 0.344 e. The molecule has 90 valence electrons. The van der Waals surface area contributed by atoms with Crippen molar-refractivity contribution in [3.63, 3.8) is 0 Å². The van der Waals surface area contributed by atoms with Crippen molar-refractivity contribution >= 4 is 11.8 Å². The molecule has 2 amide bonds. The number of hydrogen-bond acceptors (Lipinski definition) is 2. The van der Waals surface area contributed by atoms with E-state index < -0.39 is 0 Å². The van der Waals surface area contributed by atoms with Gasteiger partial charge in [-0.05, 0) is 12.8 Å². The standard InChI is InChI=1S/C12H20N2O2/c1-4-5-7-14-8-6-10(15)13-11(9(2)3)12(14)16/h4-5,9,11H,6-8H2,1-3H3,(H,13,15)/b5-4+. The Balaban J connectivity index is 2.78. The van der Waals surface area contributed by atoms with Crippen molar-refractivity contribution in [2.45, 2.75) is 33.2 Å². The van der Waals surface area contributed by atoms with Gasteiger partial charge >= 0.3 is 0 Å². The maximum atomic E-state index is 12.1. The van der Waals surface area contributed by atoms with Gasteiger partial charge in [0.15, 0.2) is 0 Å². The molecule has 0 radical (unpaired) electrons. The van der Waals surface area contributed by atoms with Crippen LogP contribution in [-0.4, -0.2) is 35.8 Å². The predicted molar refractivity (Wildman–Crippen MR) is 62.8 cm³/mol. The third kappa shape index (κ3) is 3.08. The van der Waals surface area contributed by atoms with Crippen LogP contribution >= 0.6 is 0 Å². The average molecular weight is 224 g/mol. The van der Waals surface area contributed by atoms with Crippen LogP contribution in [0.4, 0.5) is 0 Å². The second kappa shape index (κ2) is 5.68. The topological polar surface area (TPSA) is 49.4 Å². The summed E-state index contributed by atoms with van der Waals surface area (Å²) in [6.45, 7) is 6.92. The molecule has 1 aliphatic rings. The van der Waals surface area contributed by atoms with Crippen LogP contribution in [-0.2, 0) is 9.59 Å². The van der Waals surface area contributed by atoms with Gasteiger partial charge in [0.2, 0.25) is 11.8 Å². The lowest BCUT2D eigenvalue weighted by molar-refractivity contribution is -0.134. The van der Waals surface area contributed by atoms with E-state index in [0.717, 1.165) is 0 Å². The Morgan fingerprint density at radius 3 is 2.75 bits per heavy atom. The van der Waals surface area contributed by atoms with Crippen LogP contribution in [0.15, 0.2) is 12.2 Å². The molecule has 0 saturated carbocycles. The summed E-state index contributed by atoms with van der Waals surface area (Å²) in [5, 5.41) is 2.78. The van der Waals surface area contributed by atoms with E-state index in [9.17, 15) is 9.59 Å². The first-order chi connectivity index (χ1) is 7.56. The average Bonchev–Trinajstić information content (AvgIpc) is 2.37. The maximum absolute atomic E-state index is 12.1. The molecule has 1 unspecified atom stereocenters. The van der Waals surface area contributed by atoms with E-state index in [1.54, 1.807) is 4.90 Å². The fraction of sp³-hybridized carbons (Fsp3) is 0.667. The quantitative estimate of drug-likeness (QED) is 0.725. The molecule has 4 heteroatoms. The summed E-state index contributed by atoms with van der Waals surface area (Å²) in [6.07, 6.45) is 4.25. The van der Waals surface area contributed by atoms with Crippen molar-refractivity contribution in [3.05, 3.63) is 12.2 Å². The second-order valence-electron chi connectivity index (χ2n) is 4.39. The highest BCUT2D eigenvalue weighted by Gasteiger charge is 2.31. The number of nitrogens with one attached hydrogen (secondary N) is 1. The van der Waals surface area contributed by atoms with Gasteiger partial charge in [-0.2, -0.15) is 0 Å². The molecule has 0 aromatic rings. The Bertz CT molecular complexity index is 297. The van der Waals surface area contributed by atoms with Crippen LogP contribution in [0.3, 0.4) is 0 Å². The first kappa shape index (κ1) is 12.7. The van der Waals surface area contributed by atoms with Crippen molar-refractivity contribution in [2.24, 2.45) is 5.92 Å². The van der Waals surface area contributed by atoms with E-state index in [2.05, 4.69) is 5.32 Å². The van der Waals surface area contributed by atoms with Crippen LogP contribution < -0.4 is 5.32 Å². The summed E-state index contributed by atoms with van der Waals surface area (Å²) in [5.41, 5.74) is 0. The minimum Gasteiger partial charge on any atom is -0.344 e. The molecule has 0 aliphatic carbocycles. The molecule has 0 aromatic carbocycles. The van der Waals surface area contributed by atoms with Crippen molar-refractivity contribution in [1.82, 2.24) is 10.2 Å². The summed E-state index contributed by atoms with van der Waals surface area (Å²) in [4.78, 5) is 25.3. The van der Waals surface area contributed by atoms with Crippen molar-refractivity contribution in [2.75, 3.05) is 13.1 Å². The van der Waals surface area contributed by atoms with Gasteiger partial charge in [0, 0.05) is 19.5 Å². The predicted octanol–water partition coefficient (Wildman–Crippen LogP) is 0.936. The monoisotopic (exact) mass is 224 g/mol. The van der Waals surface area contributed by atoms with E-state index in [0.29, 0.717) is 19.5 Å². The third-order valence-corrected chi connectivity index (χ3v) is 2.73. The molecule has 1 fully saturated rings. The summed E-state index contributed by atoms with van der Waals surface area (Å²) in [6, 6.07) is -0.375. The molecule has 4 nitrogen and oxygen atoms in total. The van der Waals surface area contributed by atoms with E-state index >= 15 is 0 Å². The van der Waals surface area contributed by atoms with Gasteiger partial charge in [-0.3, -0.25) is 9.59 Å². The fourth-order valence-corrected chi connectivity index (χ4v) is 1.72. The van der Waals surface area contributed by atoms with Gasteiger partial charge in [-0.15, -0.1) is 0 Å². The minimum absolute atomic E-state index is 0.0268. The maximum Gasteiger partial charge on any atom is 0.245 e. The van der Waals surface area contributed by atoms with Gasteiger partial charge in [-0.1, -0.05) is 26.0 Å². The molecule has 1 atom stereocenters. The highest BCUT2D eigenvalue weighted by molar-refractivity contribution is 5.90. The van der Waals surface area contributed by atoms with Gasteiger partial charge in [0.05, 0.1) is 0 Å². The summed E-state index contributed by atoms with van der Waals surface area (Å²) >= 11 is 0. The Kier molecular flexibility index (Phi) is 4.52. The fourth-order valence-electron chi connectivity index (χ4n) is 1.72. The molecule has 1 N–H and O–H groups in total. The second-order valence-corrected chi connectivity index (χ2v) is 4.39. The minimum atomic E-state index is -0.375. The van der Waals surface area contributed by atoms with Crippen LogP contribution in [0.1, 0.15) is 27.2 Å². The van der Waals surface area contributed by atoms with Gasteiger partial charge in [-0.25, -0.2) is 0 Å². The van der Waals surface area contributed by atoms with Crippen LogP contribution in [0.25, 0.3) is 0 Å². The summed E-state index contributed by atoms with van der Waals surface area (Å²) in [7, 11) is 0. The molecule has 1 saturated heterocycles. The lowest BCUT2D eigenvalue weighted by Gasteiger charge is -2.24. The van der Waals surface area contributed by atoms with E-state index in [4.69, 9.17) is 0 Å². The number of carbonyl (C=O) groups excluding carboxylic acids is 2. The molecule has 1 rings (SSSR count). The number of hydrogen-bond donors (Lipinski definition) is 1. The molecular formula is C12H20N2O2. The number of carbonyl (C=O) groups is 2. The lowest BCUT2D eigenvalue weighted by Crippen LogP contribution is -2.47. The first-order valence-corrected chi connectivity index (χ1v) is 5.75. The highest BCUT2D eigenvalue weighted by Crippen LogP contribution is 2.10. The number of nitrogens with zero attached hydrogens (tertiary/aromatic N) is 1. The van der Waals surface area contributed by atoms with Crippen LogP contribution in [0.5, 0.6) is 0 Å². The van der Waals surface area contributed by atoms with Crippen molar-refractivity contribution in [1.29, 1.82) is 0 Å². The van der Waals surface area contributed by atoms with Gasteiger partial charge in [0.25, 0.3) is 0 Å². The zero-order valence-corrected chi connectivity index (χ0v) is 10.2. The normalized spacial score (nSPS) is 22.8. The third-order valence-electron chi connectivity index (χ3n) is 2.73. The Hall–Kier alpha value is -1.32. The van der Waals surface area contributed by atoms with Crippen LogP contribution in [0.2, 0.25) is 0 Å². The highest BCUT2D eigenvalue weighted by atomic mass is 16.2. The van der Waals surface area contributed by atoms with Gasteiger partial charge < -0.3 is 10.2 Å². The summed E-state index contributed by atoms with van der Waals surface area (Å²) in [5.74, 6) is 0.122. The zero-order valence-electron chi connectivity index (χ0n) is 10.2. The SMILES string of the molecule is C/C=C/CN1CCC(=O)NC(C(C)C)C1=O. The molecule has 0 aromatic heterocycles. The lowest BCUT2D eigenvalue weighted by atomic mass is 10.0. The molecule has 1 aliphatic heterocycles. The Morgan fingerprint density at radius 2 is 2.19 bits per heavy atom. The number of amides is 2. The number of rotatable bonds is 3. The van der Waals surface area contributed by atoms with E-state index in [1.807, 2.05) is 32.9 Å². The molecule has 0 bridgehead atoms. The molecule has 16 heavy (non-hydrogen) atoms. The Morgan fingerprint density at radius 1 is 1.50 bits per heavy atom. The van der Waals surface area contributed by atoms with E-state index in [1.165, 1.54) is 0 Å². The number of allylic oxidation sites excluding steroid dienone is 1. The van der Waals surface area contributed by atoms with Crippen LogP contribution in [0, 0.1) is 5.92 Å². The molecule has 1 heterocycles. The molecule has 0 spiro atoms. The van der Waals surface area contributed by atoms with Crippen molar-refractivity contribution in [3.8, 4) is 0 Å². The van der Waals surface area contributed by atoms with Gasteiger partial charge in [0.1, 0.15) is 6.04 Å². The molecular weight excluding hydrogens is 204 g/mol. The first-order valence-electron chi connectivity index (χ1n) is 5.75. The smallest absolute Gasteiger partial charge is 0.245 e. The van der Waals surface area contributed by atoms with E-state index in [-0.39, 0.29) is 23.8 Å².